The van der Waals surface area contributed by atoms with Gasteiger partial charge in [-0.2, -0.15) is 5.10 Å². The number of amides is 1. The van der Waals surface area contributed by atoms with Gasteiger partial charge in [-0.1, -0.05) is 0 Å². The molecule has 2 fully saturated rings. The molecular weight excluding hydrogens is 385 g/mol. The van der Waals surface area contributed by atoms with Crippen LogP contribution in [-0.2, 0) is 5.54 Å². The van der Waals surface area contributed by atoms with E-state index < -0.39 is 0 Å². The van der Waals surface area contributed by atoms with Crippen LogP contribution in [-0.4, -0.2) is 39.8 Å². The zero-order valence-corrected chi connectivity index (χ0v) is 18.0. The summed E-state index contributed by atoms with van der Waals surface area (Å²) in [5.74, 6) is 0.493. The summed E-state index contributed by atoms with van der Waals surface area (Å²) in [5.41, 5.74) is 3.29. The minimum absolute atomic E-state index is 0. The van der Waals surface area contributed by atoms with Gasteiger partial charge in [0.05, 0.1) is 22.2 Å². The molecule has 8 heteroatoms. The number of halogens is 2. The van der Waals surface area contributed by atoms with E-state index in [-0.39, 0.29) is 42.3 Å². The van der Waals surface area contributed by atoms with Crippen molar-refractivity contribution >= 4 is 41.8 Å². The van der Waals surface area contributed by atoms with Crippen LogP contribution in [0.25, 0.3) is 11.0 Å². The molecule has 27 heavy (non-hydrogen) atoms. The molecule has 2 N–H and O–H groups in total. The van der Waals surface area contributed by atoms with E-state index in [4.69, 9.17) is 10.1 Å². The normalized spacial score (nSPS) is 19.5. The number of hydrogen-bond donors (Lipinski definition) is 2. The highest BCUT2D eigenvalue weighted by molar-refractivity contribution is 6.06. The zero-order valence-electron chi connectivity index (χ0n) is 16.3. The van der Waals surface area contributed by atoms with Gasteiger partial charge in [-0.05, 0) is 59.6 Å². The van der Waals surface area contributed by atoms with Crippen LogP contribution in [0.15, 0.2) is 6.07 Å². The van der Waals surface area contributed by atoms with E-state index in [2.05, 4.69) is 31.4 Å². The van der Waals surface area contributed by atoms with Crippen LogP contribution >= 0.6 is 24.8 Å². The van der Waals surface area contributed by atoms with Crippen molar-refractivity contribution in [1.29, 1.82) is 0 Å². The molecule has 1 saturated carbocycles. The first-order valence-corrected chi connectivity index (χ1v) is 9.27. The molecule has 1 aliphatic heterocycles. The van der Waals surface area contributed by atoms with Gasteiger partial charge in [0.1, 0.15) is 0 Å². The molecule has 1 atom stereocenters. The smallest absolute Gasteiger partial charge is 0.252 e. The molecule has 1 amide bonds. The lowest BCUT2D eigenvalue weighted by atomic mass is 10.1. The van der Waals surface area contributed by atoms with Gasteiger partial charge >= 0.3 is 0 Å². The van der Waals surface area contributed by atoms with Gasteiger partial charge in [0.25, 0.3) is 5.91 Å². The first-order chi connectivity index (χ1) is 11.8. The third kappa shape index (κ3) is 4.23. The van der Waals surface area contributed by atoms with E-state index in [1.54, 1.807) is 0 Å². The van der Waals surface area contributed by atoms with Gasteiger partial charge in [0.15, 0.2) is 5.65 Å². The second-order valence-corrected chi connectivity index (χ2v) is 8.40. The van der Waals surface area contributed by atoms with Crippen LogP contribution in [0.3, 0.4) is 0 Å². The van der Waals surface area contributed by atoms with Crippen LogP contribution in [0.1, 0.15) is 67.7 Å². The number of hydrogen-bond acceptors (Lipinski definition) is 4. The Morgan fingerprint density at radius 3 is 2.52 bits per heavy atom. The fraction of sp³-hybridized carbons (Fsp3) is 0.632. The maximum absolute atomic E-state index is 13.0. The molecule has 4 rings (SSSR count). The van der Waals surface area contributed by atoms with E-state index in [9.17, 15) is 4.79 Å². The van der Waals surface area contributed by atoms with E-state index in [0.717, 1.165) is 60.3 Å². The summed E-state index contributed by atoms with van der Waals surface area (Å²) < 4.78 is 1.97. The fourth-order valence-electron chi connectivity index (χ4n) is 3.58. The van der Waals surface area contributed by atoms with Crippen molar-refractivity contribution in [2.24, 2.45) is 0 Å². The molecule has 0 spiro atoms. The predicted octanol–water partition coefficient (Wildman–Crippen LogP) is 3.31. The third-order valence-electron chi connectivity index (χ3n) is 5.10. The third-order valence-corrected chi connectivity index (χ3v) is 5.10. The molecule has 3 heterocycles. The fourth-order valence-corrected chi connectivity index (χ4v) is 3.58. The predicted molar refractivity (Wildman–Crippen MR) is 112 cm³/mol. The maximum atomic E-state index is 13.0. The summed E-state index contributed by atoms with van der Waals surface area (Å²) in [5, 5.41) is 12.1. The SMILES string of the molecule is Cc1nn(C(C)(C)C)c2nc(C3CC3)cc(C(=O)NC3CCNC3)c12.Cl.Cl. The van der Waals surface area contributed by atoms with E-state index in [1.807, 2.05) is 17.7 Å². The number of nitrogens with one attached hydrogen (secondary N) is 2. The van der Waals surface area contributed by atoms with Gasteiger partial charge < -0.3 is 10.6 Å². The van der Waals surface area contributed by atoms with Crippen molar-refractivity contribution in [3.8, 4) is 0 Å². The molecule has 6 nitrogen and oxygen atoms in total. The van der Waals surface area contributed by atoms with Crippen LogP contribution in [0.5, 0.6) is 0 Å². The second-order valence-electron chi connectivity index (χ2n) is 8.40. The Hall–Kier alpha value is -1.37. The molecule has 2 aliphatic rings. The molecule has 1 aliphatic carbocycles. The van der Waals surface area contributed by atoms with Crippen LogP contribution in [0.4, 0.5) is 0 Å². The summed E-state index contributed by atoms with van der Waals surface area (Å²) in [4.78, 5) is 17.9. The molecule has 1 saturated heterocycles. The van der Waals surface area contributed by atoms with Crippen molar-refractivity contribution in [2.45, 2.75) is 64.5 Å². The number of rotatable bonds is 3. The topological polar surface area (TPSA) is 71.8 Å². The summed E-state index contributed by atoms with van der Waals surface area (Å²) in [6.07, 6.45) is 3.30. The first-order valence-electron chi connectivity index (χ1n) is 9.27. The lowest BCUT2D eigenvalue weighted by molar-refractivity contribution is 0.0941. The summed E-state index contributed by atoms with van der Waals surface area (Å²) in [6.45, 7) is 10.1. The van der Waals surface area contributed by atoms with Crippen molar-refractivity contribution in [1.82, 2.24) is 25.4 Å². The highest BCUT2D eigenvalue weighted by Crippen LogP contribution is 2.41. The monoisotopic (exact) mass is 413 g/mol. The first kappa shape index (κ1) is 21.9. The van der Waals surface area contributed by atoms with E-state index in [0.29, 0.717) is 5.92 Å². The Kier molecular flexibility index (Phi) is 6.44. The van der Waals surface area contributed by atoms with Crippen LogP contribution < -0.4 is 10.6 Å². The maximum Gasteiger partial charge on any atom is 0.252 e. The summed E-state index contributed by atoms with van der Waals surface area (Å²) in [7, 11) is 0. The van der Waals surface area contributed by atoms with E-state index >= 15 is 0 Å². The zero-order chi connectivity index (χ0) is 17.8. The van der Waals surface area contributed by atoms with Gasteiger partial charge in [-0.15, -0.1) is 24.8 Å². The number of aryl methyl sites for hydroxylation is 1. The average molecular weight is 414 g/mol. The quantitative estimate of drug-likeness (QED) is 0.809. The minimum atomic E-state index is -0.176. The van der Waals surface area contributed by atoms with Crippen LogP contribution in [0, 0.1) is 6.92 Å². The summed E-state index contributed by atoms with van der Waals surface area (Å²) >= 11 is 0. The molecule has 2 aromatic rings. The Balaban J connectivity index is 0.00000131. The highest BCUT2D eigenvalue weighted by atomic mass is 35.5. The van der Waals surface area contributed by atoms with Gasteiger partial charge in [0.2, 0.25) is 0 Å². The number of aromatic nitrogens is 3. The molecule has 0 bridgehead atoms. The lowest BCUT2D eigenvalue weighted by Crippen LogP contribution is -2.36. The largest absolute Gasteiger partial charge is 0.348 e. The van der Waals surface area contributed by atoms with E-state index in [1.165, 1.54) is 0 Å². The van der Waals surface area contributed by atoms with Crippen molar-refractivity contribution in [2.75, 3.05) is 13.1 Å². The Bertz CT molecular complexity index is 833. The highest BCUT2D eigenvalue weighted by Gasteiger charge is 2.31. The van der Waals surface area contributed by atoms with Gasteiger partial charge in [-0.3, -0.25) is 4.79 Å². The standard InChI is InChI=1S/C19H27N5O.2ClH/c1-11-16-14(18(25)21-13-7-8-20-10-13)9-15(12-5-6-12)22-17(16)24(23-11)19(2,3)4;;/h9,12-13,20H,5-8,10H2,1-4H3,(H,21,25);2*1H. The molecule has 2 aromatic heterocycles. The van der Waals surface area contributed by atoms with Crippen molar-refractivity contribution in [3.05, 3.63) is 23.0 Å². The number of carbonyl (C=O) groups is 1. The number of pyridine rings is 1. The number of carbonyl (C=O) groups excluding carboxylic acids is 1. The van der Waals surface area contributed by atoms with Crippen molar-refractivity contribution < 1.29 is 4.79 Å². The van der Waals surface area contributed by atoms with Gasteiger partial charge in [0, 0.05) is 24.2 Å². The molecule has 0 aromatic carbocycles. The number of nitrogens with zero attached hydrogens (tertiary/aromatic N) is 3. The Labute approximate surface area is 172 Å². The molecule has 150 valence electrons. The van der Waals surface area contributed by atoms with Gasteiger partial charge in [-0.25, -0.2) is 9.67 Å². The van der Waals surface area contributed by atoms with Crippen molar-refractivity contribution in [3.63, 3.8) is 0 Å². The lowest BCUT2D eigenvalue weighted by Gasteiger charge is -2.20. The minimum Gasteiger partial charge on any atom is -0.348 e. The second kappa shape index (κ2) is 7.94. The molecular formula is C19H29Cl2N5O. The Morgan fingerprint density at radius 2 is 1.96 bits per heavy atom. The number of fused-ring (bicyclic) bond motifs is 1. The Morgan fingerprint density at radius 1 is 1.26 bits per heavy atom. The molecule has 0 radical (unpaired) electrons. The average Bonchev–Trinajstić information content (AvgIpc) is 3.17. The summed E-state index contributed by atoms with van der Waals surface area (Å²) in [6, 6.07) is 2.21. The van der Waals surface area contributed by atoms with Crippen LogP contribution in [0.2, 0.25) is 0 Å². The molecule has 1 unspecified atom stereocenters.